The number of hydrogen-bond acceptors (Lipinski definition) is 2. The van der Waals surface area contributed by atoms with Crippen LogP contribution in [0, 0.1) is 0 Å². The van der Waals surface area contributed by atoms with E-state index < -0.39 is 5.97 Å². The monoisotopic (exact) mass is 182 g/mol. The highest BCUT2D eigenvalue weighted by atomic mass is 32.1. The van der Waals surface area contributed by atoms with Crippen molar-refractivity contribution in [1.82, 2.24) is 0 Å². The molecule has 3 heteroatoms. The molecule has 0 bridgehead atoms. The molecule has 1 N–H and O–H groups in total. The van der Waals surface area contributed by atoms with Crippen LogP contribution in [-0.2, 0) is 11.2 Å². The maximum Gasteiger partial charge on any atom is 0.303 e. The molecule has 1 aromatic rings. The van der Waals surface area contributed by atoms with E-state index in [0.717, 1.165) is 10.5 Å². The second-order valence-corrected chi connectivity index (χ2v) is 3.08. The fourth-order valence-electron chi connectivity index (χ4n) is 0.914. The van der Waals surface area contributed by atoms with Crippen LogP contribution < -0.4 is 0 Å². The minimum absolute atomic E-state index is 0.186. The molecule has 1 aromatic carbocycles. The Bertz CT molecular complexity index is 266. The van der Waals surface area contributed by atoms with Gasteiger partial charge in [-0.3, -0.25) is 4.79 Å². The standard InChI is InChI=1S/C9H10O2S/c10-9(11)6-3-7-1-4-8(12)5-2-7/h1-2,4-5,12H,3,6H2,(H,10,11). The SMILES string of the molecule is O=C(O)CCc1ccc(S)cc1. The zero-order valence-electron chi connectivity index (χ0n) is 6.53. The molecule has 0 radical (unpaired) electrons. The summed E-state index contributed by atoms with van der Waals surface area (Å²) in [6, 6.07) is 7.51. The minimum atomic E-state index is -0.759. The first-order valence-electron chi connectivity index (χ1n) is 3.68. The highest BCUT2D eigenvalue weighted by molar-refractivity contribution is 7.80. The maximum atomic E-state index is 10.2. The Morgan fingerprint density at radius 3 is 2.42 bits per heavy atom. The zero-order valence-corrected chi connectivity index (χ0v) is 7.42. The fraction of sp³-hybridized carbons (Fsp3) is 0.222. The topological polar surface area (TPSA) is 37.3 Å². The van der Waals surface area contributed by atoms with E-state index in [-0.39, 0.29) is 6.42 Å². The Labute approximate surface area is 76.6 Å². The van der Waals surface area contributed by atoms with Crippen LogP contribution in [-0.4, -0.2) is 11.1 Å². The minimum Gasteiger partial charge on any atom is -0.481 e. The van der Waals surface area contributed by atoms with E-state index in [1.54, 1.807) is 0 Å². The molecular formula is C9H10O2S. The van der Waals surface area contributed by atoms with Crippen molar-refractivity contribution in [1.29, 1.82) is 0 Å². The molecule has 64 valence electrons. The average molecular weight is 182 g/mol. The van der Waals surface area contributed by atoms with Crippen LogP contribution >= 0.6 is 12.6 Å². The van der Waals surface area contributed by atoms with Crippen molar-refractivity contribution in [3.63, 3.8) is 0 Å². The lowest BCUT2D eigenvalue weighted by Gasteiger charge is -1.97. The zero-order chi connectivity index (χ0) is 8.97. The molecular weight excluding hydrogens is 172 g/mol. The van der Waals surface area contributed by atoms with Crippen molar-refractivity contribution >= 4 is 18.6 Å². The summed E-state index contributed by atoms with van der Waals surface area (Å²) in [6.07, 6.45) is 0.773. The third-order valence-electron chi connectivity index (χ3n) is 1.56. The summed E-state index contributed by atoms with van der Waals surface area (Å²) in [7, 11) is 0. The van der Waals surface area contributed by atoms with Crippen LogP contribution in [0.5, 0.6) is 0 Å². The summed E-state index contributed by atoms with van der Waals surface area (Å²) in [6.45, 7) is 0. The number of aryl methyl sites for hydroxylation is 1. The second kappa shape index (κ2) is 4.16. The Balaban J connectivity index is 2.53. The smallest absolute Gasteiger partial charge is 0.303 e. The molecule has 0 amide bonds. The van der Waals surface area contributed by atoms with Crippen molar-refractivity contribution in [3.8, 4) is 0 Å². The highest BCUT2D eigenvalue weighted by Crippen LogP contribution is 2.09. The highest BCUT2D eigenvalue weighted by Gasteiger charge is 1.97. The number of aliphatic carboxylic acids is 1. The van der Waals surface area contributed by atoms with E-state index in [4.69, 9.17) is 5.11 Å². The second-order valence-electron chi connectivity index (χ2n) is 2.56. The van der Waals surface area contributed by atoms with E-state index >= 15 is 0 Å². The first-order valence-corrected chi connectivity index (χ1v) is 4.13. The summed E-state index contributed by atoms with van der Waals surface area (Å²) in [5, 5.41) is 8.41. The molecule has 0 aliphatic rings. The van der Waals surface area contributed by atoms with Gasteiger partial charge in [0, 0.05) is 11.3 Å². The van der Waals surface area contributed by atoms with Gasteiger partial charge >= 0.3 is 5.97 Å². The van der Waals surface area contributed by atoms with Crippen LogP contribution in [0.3, 0.4) is 0 Å². The molecule has 0 heterocycles. The molecule has 0 aromatic heterocycles. The van der Waals surface area contributed by atoms with Gasteiger partial charge in [-0.05, 0) is 24.1 Å². The predicted molar refractivity (Wildman–Crippen MR) is 49.7 cm³/mol. The molecule has 0 spiro atoms. The van der Waals surface area contributed by atoms with Gasteiger partial charge in [0.1, 0.15) is 0 Å². The van der Waals surface area contributed by atoms with Gasteiger partial charge in [0.15, 0.2) is 0 Å². The van der Waals surface area contributed by atoms with Gasteiger partial charge < -0.3 is 5.11 Å². The van der Waals surface area contributed by atoms with Crippen molar-refractivity contribution in [2.75, 3.05) is 0 Å². The maximum absolute atomic E-state index is 10.2. The summed E-state index contributed by atoms with van der Waals surface area (Å²) < 4.78 is 0. The van der Waals surface area contributed by atoms with Crippen LogP contribution in [0.1, 0.15) is 12.0 Å². The number of hydrogen-bond donors (Lipinski definition) is 2. The average Bonchev–Trinajstić information content (AvgIpc) is 2.03. The lowest BCUT2D eigenvalue weighted by Crippen LogP contribution is -1.96. The van der Waals surface area contributed by atoms with E-state index in [0.29, 0.717) is 6.42 Å². The molecule has 0 aliphatic heterocycles. The quantitative estimate of drug-likeness (QED) is 0.701. The third kappa shape index (κ3) is 2.96. The van der Waals surface area contributed by atoms with Crippen molar-refractivity contribution in [2.24, 2.45) is 0 Å². The van der Waals surface area contributed by atoms with Gasteiger partial charge in [0.05, 0.1) is 0 Å². The molecule has 2 nitrogen and oxygen atoms in total. The lowest BCUT2D eigenvalue weighted by atomic mass is 10.1. The summed E-state index contributed by atoms with van der Waals surface area (Å²) in [4.78, 5) is 11.1. The molecule has 0 fully saturated rings. The number of thiol groups is 1. The summed E-state index contributed by atoms with van der Waals surface area (Å²) in [5.41, 5.74) is 1.04. The van der Waals surface area contributed by atoms with Crippen LogP contribution in [0.25, 0.3) is 0 Å². The third-order valence-corrected chi connectivity index (χ3v) is 1.86. The van der Waals surface area contributed by atoms with E-state index in [1.165, 1.54) is 0 Å². The number of carboxylic acids is 1. The Kier molecular flexibility index (Phi) is 3.17. The molecule has 0 saturated carbocycles. The molecule has 0 saturated heterocycles. The lowest BCUT2D eigenvalue weighted by molar-refractivity contribution is -0.136. The summed E-state index contributed by atoms with van der Waals surface area (Å²) >= 11 is 4.12. The van der Waals surface area contributed by atoms with Crippen molar-refractivity contribution in [3.05, 3.63) is 29.8 Å². The number of carboxylic acid groups (broad SMARTS) is 1. The number of carbonyl (C=O) groups is 1. The normalized spacial score (nSPS) is 9.75. The molecule has 0 atom stereocenters. The largest absolute Gasteiger partial charge is 0.481 e. The number of rotatable bonds is 3. The van der Waals surface area contributed by atoms with Gasteiger partial charge in [-0.2, -0.15) is 0 Å². The van der Waals surface area contributed by atoms with E-state index in [2.05, 4.69) is 12.6 Å². The van der Waals surface area contributed by atoms with E-state index in [9.17, 15) is 4.79 Å². The van der Waals surface area contributed by atoms with Crippen LogP contribution in [0.4, 0.5) is 0 Å². The van der Waals surface area contributed by atoms with Crippen LogP contribution in [0.15, 0.2) is 29.2 Å². The van der Waals surface area contributed by atoms with Gasteiger partial charge in [-0.15, -0.1) is 12.6 Å². The van der Waals surface area contributed by atoms with Crippen LogP contribution in [0.2, 0.25) is 0 Å². The van der Waals surface area contributed by atoms with Gasteiger partial charge in [0.25, 0.3) is 0 Å². The predicted octanol–water partition coefficient (Wildman–Crippen LogP) is 1.99. The van der Waals surface area contributed by atoms with Gasteiger partial charge in [-0.1, -0.05) is 12.1 Å². The van der Waals surface area contributed by atoms with Gasteiger partial charge in [-0.25, -0.2) is 0 Å². The molecule has 1 rings (SSSR count). The Hall–Kier alpha value is -0.960. The Morgan fingerprint density at radius 1 is 1.33 bits per heavy atom. The van der Waals surface area contributed by atoms with Gasteiger partial charge in [0.2, 0.25) is 0 Å². The van der Waals surface area contributed by atoms with E-state index in [1.807, 2.05) is 24.3 Å². The number of benzene rings is 1. The Morgan fingerprint density at radius 2 is 1.92 bits per heavy atom. The first-order chi connectivity index (χ1) is 5.68. The molecule has 0 unspecified atom stereocenters. The van der Waals surface area contributed by atoms with Crippen molar-refractivity contribution in [2.45, 2.75) is 17.7 Å². The first kappa shape index (κ1) is 9.13. The fourth-order valence-corrected chi connectivity index (χ4v) is 1.06. The molecule has 0 aliphatic carbocycles. The summed E-state index contributed by atoms with van der Waals surface area (Å²) in [5.74, 6) is -0.759. The van der Waals surface area contributed by atoms with Crippen molar-refractivity contribution < 1.29 is 9.90 Å². The molecule has 12 heavy (non-hydrogen) atoms.